The smallest absolute Gasteiger partial charge is 0.250 e. The van der Waals surface area contributed by atoms with Crippen molar-refractivity contribution in [3.8, 4) is 22.8 Å². The lowest BCUT2D eigenvalue weighted by atomic mass is 10.0. The van der Waals surface area contributed by atoms with E-state index in [4.69, 9.17) is 15.1 Å². The highest BCUT2D eigenvalue weighted by Crippen LogP contribution is 2.34. The van der Waals surface area contributed by atoms with Crippen LogP contribution in [0.2, 0.25) is 0 Å². The average Bonchev–Trinajstić information content (AvgIpc) is 4.01. The summed E-state index contributed by atoms with van der Waals surface area (Å²) in [7, 11) is 0. The molecule has 5 amide bonds. The number of H-pyrrole nitrogens is 1. The number of imidazole rings is 1. The molecule has 5 N–H and O–H groups in total. The molecule has 2 unspecified atom stereocenters. The van der Waals surface area contributed by atoms with Gasteiger partial charge in [0.15, 0.2) is 5.76 Å². The molecular weight excluding hydrogens is 749 g/mol. The molecule has 2 atom stereocenters. The van der Waals surface area contributed by atoms with E-state index >= 15 is 0 Å². The predicted molar refractivity (Wildman–Crippen MR) is 222 cm³/mol. The predicted octanol–water partition coefficient (Wildman–Crippen LogP) is 5.87. The highest BCUT2D eigenvalue weighted by molar-refractivity contribution is 5.96. The van der Waals surface area contributed by atoms with Crippen LogP contribution in [0.25, 0.3) is 33.8 Å². The summed E-state index contributed by atoms with van der Waals surface area (Å²) >= 11 is 0. The van der Waals surface area contributed by atoms with Gasteiger partial charge in [-0.1, -0.05) is 61.5 Å². The van der Waals surface area contributed by atoms with Crippen LogP contribution >= 0.6 is 0 Å². The zero-order valence-electron chi connectivity index (χ0n) is 32.9. The number of fused-ring (bicyclic) bond motifs is 1. The summed E-state index contributed by atoms with van der Waals surface area (Å²) in [5, 5.41) is 5.59. The second-order valence-electron chi connectivity index (χ2n) is 14.6. The normalized spacial score (nSPS) is 14.2. The average molecular weight is 795 g/mol. The number of primary amides is 1. The quantitative estimate of drug-likeness (QED) is 0.0990. The Kier molecular flexibility index (Phi) is 12.2. The number of oxazole rings is 1. The number of aromatic amines is 1. The molecule has 6 aromatic rings. The van der Waals surface area contributed by atoms with Gasteiger partial charge in [0.05, 0.1) is 42.7 Å². The van der Waals surface area contributed by atoms with E-state index in [-0.39, 0.29) is 49.1 Å². The van der Waals surface area contributed by atoms with Crippen molar-refractivity contribution in [2.75, 3.05) is 25.0 Å². The van der Waals surface area contributed by atoms with Crippen LogP contribution in [0.4, 0.5) is 5.69 Å². The minimum absolute atomic E-state index is 0.0299. The van der Waals surface area contributed by atoms with Gasteiger partial charge >= 0.3 is 0 Å². The molecule has 3 heterocycles. The van der Waals surface area contributed by atoms with Gasteiger partial charge in [0.25, 0.3) is 0 Å². The molecule has 4 aromatic carbocycles. The fraction of sp³-hybridized carbons (Fsp3) is 0.267. The molecule has 2 aromatic heterocycles. The number of hydrogen-bond donors (Lipinski definition) is 4. The third-order valence-electron chi connectivity index (χ3n) is 10.3. The Labute approximate surface area is 341 Å². The van der Waals surface area contributed by atoms with E-state index in [1.807, 2.05) is 60.4 Å². The molecule has 1 aliphatic heterocycles. The molecule has 0 aliphatic carbocycles. The van der Waals surface area contributed by atoms with Gasteiger partial charge < -0.3 is 35.6 Å². The fourth-order valence-corrected chi connectivity index (χ4v) is 7.51. The van der Waals surface area contributed by atoms with Gasteiger partial charge in [0, 0.05) is 36.8 Å². The van der Waals surface area contributed by atoms with Gasteiger partial charge in [-0.2, -0.15) is 0 Å². The van der Waals surface area contributed by atoms with E-state index in [1.54, 1.807) is 54.7 Å². The molecule has 0 spiro atoms. The maximum atomic E-state index is 13.6. The van der Waals surface area contributed by atoms with Crippen LogP contribution in [-0.2, 0) is 36.8 Å². The summed E-state index contributed by atoms with van der Waals surface area (Å²) in [4.78, 5) is 80.0. The maximum absolute atomic E-state index is 13.6. The highest BCUT2D eigenvalue weighted by atomic mass is 16.4. The van der Waals surface area contributed by atoms with Crippen LogP contribution in [0.15, 0.2) is 108 Å². The summed E-state index contributed by atoms with van der Waals surface area (Å²) in [6.45, 7) is 4.05. The maximum Gasteiger partial charge on any atom is 0.250 e. The highest BCUT2D eigenvalue weighted by Gasteiger charge is 2.33. The van der Waals surface area contributed by atoms with E-state index in [0.717, 1.165) is 40.6 Å². The minimum Gasteiger partial charge on any atom is -0.436 e. The number of aromatic nitrogens is 3. The molecule has 14 nitrogen and oxygen atoms in total. The molecule has 14 heteroatoms. The summed E-state index contributed by atoms with van der Waals surface area (Å²) in [6.07, 6.45) is 4.17. The number of carbonyl (C=O) groups excluding carboxylic acids is 5. The van der Waals surface area contributed by atoms with Crippen LogP contribution in [0.5, 0.6) is 0 Å². The zero-order chi connectivity index (χ0) is 41.5. The van der Waals surface area contributed by atoms with E-state index < -0.39 is 11.9 Å². The van der Waals surface area contributed by atoms with E-state index in [9.17, 15) is 24.0 Å². The van der Waals surface area contributed by atoms with Crippen molar-refractivity contribution in [3.05, 3.63) is 126 Å². The van der Waals surface area contributed by atoms with Crippen molar-refractivity contribution >= 4 is 46.3 Å². The number of rotatable bonds is 15. The second kappa shape index (κ2) is 18.0. The number of carbonyl (C=O) groups is 5. The zero-order valence-corrected chi connectivity index (χ0v) is 32.9. The monoisotopic (exact) mass is 794 g/mol. The molecule has 302 valence electrons. The van der Waals surface area contributed by atoms with Crippen LogP contribution in [0.3, 0.4) is 0 Å². The van der Waals surface area contributed by atoms with Gasteiger partial charge in [0.2, 0.25) is 35.4 Å². The fourth-order valence-electron chi connectivity index (χ4n) is 7.51. The number of nitrogens with zero attached hydrogens (tertiary/aromatic N) is 4. The summed E-state index contributed by atoms with van der Waals surface area (Å²) in [5.41, 5.74) is 11.2. The molecule has 0 saturated carbocycles. The van der Waals surface area contributed by atoms with Crippen LogP contribution in [0, 0.1) is 0 Å². The van der Waals surface area contributed by atoms with Crippen molar-refractivity contribution in [1.82, 2.24) is 30.1 Å². The number of benzene rings is 4. The first kappa shape index (κ1) is 40.1. The Balaban J connectivity index is 0.991. The van der Waals surface area contributed by atoms with E-state index in [0.29, 0.717) is 53.8 Å². The molecule has 0 radical (unpaired) electrons. The molecule has 1 aliphatic rings. The topological polar surface area (TPSA) is 197 Å². The van der Waals surface area contributed by atoms with Crippen LogP contribution < -0.4 is 16.4 Å². The first-order chi connectivity index (χ1) is 28.6. The van der Waals surface area contributed by atoms with Gasteiger partial charge in [-0.15, -0.1) is 0 Å². The Morgan fingerprint density at radius 3 is 2.36 bits per heavy atom. The van der Waals surface area contributed by atoms with Crippen molar-refractivity contribution in [1.29, 1.82) is 0 Å². The van der Waals surface area contributed by atoms with Gasteiger partial charge in [-0.3, -0.25) is 24.0 Å². The Hall–Kier alpha value is -7.09. The third-order valence-corrected chi connectivity index (χ3v) is 10.3. The number of amides is 5. The van der Waals surface area contributed by atoms with Gasteiger partial charge in [0.1, 0.15) is 11.9 Å². The van der Waals surface area contributed by atoms with Crippen molar-refractivity contribution in [3.63, 3.8) is 0 Å². The lowest BCUT2D eigenvalue weighted by molar-refractivity contribution is -0.138. The molecule has 1 saturated heterocycles. The lowest BCUT2D eigenvalue weighted by Gasteiger charge is -2.27. The first-order valence-corrected chi connectivity index (χ1v) is 19.7. The summed E-state index contributed by atoms with van der Waals surface area (Å²) < 4.78 is 6.17. The Morgan fingerprint density at radius 1 is 0.932 bits per heavy atom. The molecular formula is C45H46N8O6. The number of likely N-dealkylation sites (tertiary alicyclic amines) is 1. The number of hydrogen-bond acceptors (Lipinski definition) is 8. The lowest BCUT2D eigenvalue weighted by Crippen LogP contribution is -2.45. The Bertz CT molecular complexity index is 2480. The molecule has 7 rings (SSSR count). The first-order valence-electron chi connectivity index (χ1n) is 19.7. The minimum atomic E-state index is -0.908. The molecule has 59 heavy (non-hydrogen) atoms. The molecule has 0 bridgehead atoms. The van der Waals surface area contributed by atoms with Crippen LogP contribution in [0.1, 0.15) is 67.7 Å². The van der Waals surface area contributed by atoms with Gasteiger partial charge in [-0.25, -0.2) is 9.97 Å². The van der Waals surface area contributed by atoms with E-state index in [2.05, 4.69) is 20.6 Å². The Morgan fingerprint density at radius 2 is 1.64 bits per heavy atom. The molecule has 1 fully saturated rings. The van der Waals surface area contributed by atoms with Gasteiger partial charge in [-0.05, 0) is 78.4 Å². The second-order valence-corrected chi connectivity index (χ2v) is 14.6. The number of nitrogens with one attached hydrogen (secondary N) is 3. The third kappa shape index (κ3) is 9.55. The van der Waals surface area contributed by atoms with Crippen molar-refractivity contribution in [2.24, 2.45) is 5.73 Å². The number of nitrogens with two attached hydrogens (primary N) is 1. The van der Waals surface area contributed by atoms with Crippen molar-refractivity contribution in [2.45, 2.75) is 58.0 Å². The largest absolute Gasteiger partial charge is 0.436 e. The van der Waals surface area contributed by atoms with Crippen LogP contribution in [-0.4, -0.2) is 73.9 Å². The number of anilines is 1. The standard InChI is InChI=1S/C45H46N8O6/c1-3-21-52(45(58)42(48-28(2)54)29-10-5-4-6-11-29)27-40(56)49-34-18-15-30(16-19-34)44-47-26-38(59-44)33-17-20-35-36(23-33)51-43(50-35)37-14-9-22-53(37)41(57)25-32-13-8-7-12-31(32)24-39(46)55/h4-8,10-13,15-20,23,26,37,42H,3,9,14,21-22,24-25,27H2,1-2H3,(H2,46,55)(H,48,54)(H,49,56)(H,50,51). The summed E-state index contributed by atoms with van der Waals surface area (Å²) in [5.74, 6) is 0.104. The van der Waals surface area contributed by atoms with E-state index in [1.165, 1.54) is 11.8 Å². The SMILES string of the molecule is CCCN(CC(=O)Nc1ccc(-c2ncc(-c3ccc4nc(C5CCCN5C(=O)Cc5ccccc5CC(N)=O)[nH]c4c3)o2)cc1)C(=O)C(NC(C)=O)c1ccccc1. The summed E-state index contributed by atoms with van der Waals surface area (Å²) in [6, 6.07) is 28.1. The van der Waals surface area contributed by atoms with Crippen molar-refractivity contribution < 1.29 is 28.4 Å².